The molecule has 0 N–H and O–H groups in total. The highest BCUT2D eigenvalue weighted by molar-refractivity contribution is 6.74. The van der Waals surface area contributed by atoms with Crippen LogP contribution in [0.2, 0.25) is 18.1 Å². The zero-order valence-corrected chi connectivity index (χ0v) is 17.0. The second-order valence-electron chi connectivity index (χ2n) is 7.74. The molecule has 0 amide bonds. The molecule has 1 rings (SSSR count). The van der Waals surface area contributed by atoms with Gasteiger partial charge in [-0.25, -0.2) is 0 Å². The van der Waals surface area contributed by atoms with Gasteiger partial charge in [-0.1, -0.05) is 85.5 Å². The molecule has 0 unspecified atom stereocenters. The van der Waals surface area contributed by atoms with Gasteiger partial charge in [0.1, 0.15) is 0 Å². The Bertz CT molecular complexity index is 235. The van der Waals surface area contributed by atoms with E-state index in [4.69, 9.17) is 4.43 Å². The molecule has 1 fully saturated rings. The van der Waals surface area contributed by atoms with Crippen molar-refractivity contribution in [3.05, 3.63) is 0 Å². The minimum absolute atomic E-state index is 0.276. The fourth-order valence-electron chi connectivity index (χ4n) is 4.24. The largest absolute Gasteiger partial charge is 0.411 e. The van der Waals surface area contributed by atoms with Crippen LogP contribution in [0.5, 0.6) is 0 Å². The molecule has 1 nitrogen and oxygen atoms in total. The Hall–Kier alpha value is 0.177. The van der Waals surface area contributed by atoms with Crippen LogP contribution in [0.4, 0.5) is 0 Å². The summed E-state index contributed by atoms with van der Waals surface area (Å²) in [5.41, 5.74) is 0.276. The average Bonchev–Trinajstić information content (AvgIpc) is 2.55. The lowest BCUT2D eigenvalue weighted by atomic mass is 9.87. The first-order valence-electron chi connectivity index (χ1n) is 10.4. The Labute approximate surface area is 141 Å². The first kappa shape index (κ1) is 20.2. The van der Waals surface area contributed by atoms with E-state index in [2.05, 4.69) is 27.7 Å². The summed E-state index contributed by atoms with van der Waals surface area (Å²) in [7, 11) is -1.46. The molecule has 22 heavy (non-hydrogen) atoms. The predicted molar refractivity (Wildman–Crippen MR) is 102 cm³/mol. The van der Waals surface area contributed by atoms with Gasteiger partial charge in [-0.15, -0.1) is 0 Å². The van der Waals surface area contributed by atoms with Crippen LogP contribution >= 0.6 is 0 Å². The highest BCUT2D eigenvalue weighted by atomic mass is 28.4. The highest BCUT2D eigenvalue weighted by Crippen LogP contribution is 2.44. The summed E-state index contributed by atoms with van der Waals surface area (Å²) in [5.74, 6) is 0. The molecule has 2 heteroatoms. The van der Waals surface area contributed by atoms with Gasteiger partial charge in [0.2, 0.25) is 0 Å². The van der Waals surface area contributed by atoms with Gasteiger partial charge in [-0.05, 0) is 37.4 Å². The fraction of sp³-hybridized carbons (Fsp3) is 1.00. The molecule has 0 aromatic heterocycles. The Kier molecular flexibility index (Phi) is 9.98. The predicted octanol–water partition coefficient (Wildman–Crippen LogP) is 7.46. The average molecular weight is 327 g/mol. The molecule has 0 atom stereocenters. The topological polar surface area (TPSA) is 9.23 Å². The van der Waals surface area contributed by atoms with Gasteiger partial charge in [0.25, 0.3) is 0 Å². The van der Waals surface area contributed by atoms with Crippen molar-refractivity contribution in [2.45, 2.75) is 128 Å². The molecule has 0 aromatic rings. The smallest absolute Gasteiger partial charge is 0.193 e. The molecule has 0 aromatic carbocycles. The van der Waals surface area contributed by atoms with Gasteiger partial charge in [0, 0.05) is 0 Å². The van der Waals surface area contributed by atoms with Crippen LogP contribution in [0, 0.1) is 0 Å². The first-order valence-corrected chi connectivity index (χ1v) is 12.9. The van der Waals surface area contributed by atoms with E-state index in [-0.39, 0.29) is 5.60 Å². The Balaban J connectivity index is 2.82. The lowest BCUT2D eigenvalue weighted by molar-refractivity contribution is 0.00984. The molecule has 0 bridgehead atoms. The summed E-state index contributed by atoms with van der Waals surface area (Å²) in [6.45, 7) is 9.34. The van der Waals surface area contributed by atoms with Gasteiger partial charge < -0.3 is 4.43 Å². The van der Waals surface area contributed by atoms with Gasteiger partial charge in [-0.2, -0.15) is 0 Å². The normalized spacial score (nSPS) is 20.2. The van der Waals surface area contributed by atoms with Gasteiger partial charge in [-0.3, -0.25) is 0 Å². The van der Waals surface area contributed by atoms with E-state index in [1.54, 1.807) is 0 Å². The van der Waals surface area contributed by atoms with E-state index in [0.29, 0.717) is 0 Å². The number of hydrogen-bond donors (Lipinski definition) is 0. The summed E-state index contributed by atoms with van der Waals surface area (Å²) in [5, 5.41) is 0. The quantitative estimate of drug-likeness (QED) is 0.338. The molecule has 132 valence electrons. The Morgan fingerprint density at radius 3 is 1.73 bits per heavy atom. The first-order chi connectivity index (χ1) is 10.7. The fourth-order valence-corrected chi connectivity index (χ4v) is 9.34. The van der Waals surface area contributed by atoms with Gasteiger partial charge >= 0.3 is 0 Å². The second-order valence-corrected chi connectivity index (χ2v) is 11.8. The number of unbranched alkanes of at least 4 members (excludes halogenated alkanes) is 4. The number of rotatable bonds is 12. The van der Waals surface area contributed by atoms with Crippen LogP contribution < -0.4 is 0 Å². The van der Waals surface area contributed by atoms with Crippen molar-refractivity contribution in [3.8, 4) is 0 Å². The monoisotopic (exact) mass is 326 g/mol. The summed E-state index contributed by atoms with van der Waals surface area (Å²) < 4.78 is 7.21. The molecule has 0 radical (unpaired) electrons. The van der Waals surface area contributed by atoms with E-state index in [9.17, 15) is 0 Å². The van der Waals surface area contributed by atoms with Gasteiger partial charge in [0.15, 0.2) is 8.32 Å². The van der Waals surface area contributed by atoms with Crippen molar-refractivity contribution >= 4 is 8.32 Å². The van der Waals surface area contributed by atoms with Crippen LogP contribution in [0.1, 0.15) is 105 Å². The van der Waals surface area contributed by atoms with Crippen LogP contribution in [0.15, 0.2) is 0 Å². The third-order valence-electron chi connectivity index (χ3n) is 5.64. The van der Waals surface area contributed by atoms with Crippen molar-refractivity contribution in [3.63, 3.8) is 0 Å². The Morgan fingerprint density at radius 1 is 0.773 bits per heavy atom. The maximum Gasteiger partial charge on any atom is 0.193 e. The van der Waals surface area contributed by atoms with E-state index in [0.717, 1.165) is 0 Å². The van der Waals surface area contributed by atoms with E-state index < -0.39 is 8.32 Å². The summed E-state index contributed by atoms with van der Waals surface area (Å²) >= 11 is 0. The third kappa shape index (κ3) is 6.35. The third-order valence-corrected chi connectivity index (χ3v) is 10.3. The van der Waals surface area contributed by atoms with Crippen LogP contribution in [0.25, 0.3) is 0 Å². The molecular weight excluding hydrogens is 284 g/mol. The summed E-state index contributed by atoms with van der Waals surface area (Å²) in [4.78, 5) is 0. The lowest BCUT2D eigenvalue weighted by Crippen LogP contribution is -2.52. The summed E-state index contributed by atoms with van der Waals surface area (Å²) in [6.07, 6.45) is 16.3. The van der Waals surface area contributed by atoms with Crippen molar-refractivity contribution in [1.82, 2.24) is 0 Å². The van der Waals surface area contributed by atoms with Gasteiger partial charge in [0.05, 0.1) is 5.60 Å². The zero-order valence-electron chi connectivity index (χ0n) is 16.0. The molecule has 1 saturated heterocycles. The zero-order chi connectivity index (χ0) is 16.3. The molecule has 1 heterocycles. The molecule has 1 aliphatic rings. The minimum Gasteiger partial charge on any atom is -0.411 e. The molecule has 1 aliphatic heterocycles. The van der Waals surface area contributed by atoms with Crippen molar-refractivity contribution in [2.24, 2.45) is 0 Å². The Morgan fingerprint density at radius 2 is 1.27 bits per heavy atom. The second kappa shape index (κ2) is 10.9. The number of hydrogen-bond acceptors (Lipinski definition) is 1. The molecule has 0 spiro atoms. The minimum atomic E-state index is -1.46. The van der Waals surface area contributed by atoms with E-state index >= 15 is 0 Å². The maximum absolute atomic E-state index is 7.21. The standard InChI is InChI=1S/C20H42OSi/c1-5-9-14-20(15-10-6-2)16-13-19-22(21-20,17-11-7-3)18-12-8-4/h5-19H2,1-4H3. The van der Waals surface area contributed by atoms with E-state index in [1.807, 2.05) is 0 Å². The van der Waals surface area contributed by atoms with Crippen molar-refractivity contribution in [1.29, 1.82) is 0 Å². The SMILES string of the molecule is CCCCC1(CCCC)CCC[Si](CCCC)(CCCC)O1. The maximum atomic E-state index is 7.21. The van der Waals surface area contributed by atoms with Crippen LogP contribution in [-0.2, 0) is 4.43 Å². The highest BCUT2D eigenvalue weighted by Gasteiger charge is 2.45. The van der Waals surface area contributed by atoms with Crippen molar-refractivity contribution < 1.29 is 4.43 Å². The molecule has 0 aliphatic carbocycles. The molecule has 0 saturated carbocycles. The van der Waals surface area contributed by atoms with Crippen LogP contribution in [-0.4, -0.2) is 13.9 Å². The summed E-state index contributed by atoms with van der Waals surface area (Å²) in [6, 6.07) is 4.32. The molecular formula is C20H42OSi. The van der Waals surface area contributed by atoms with Crippen LogP contribution in [0.3, 0.4) is 0 Å². The van der Waals surface area contributed by atoms with E-state index in [1.165, 1.54) is 95.2 Å². The van der Waals surface area contributed by atoms with Crippen molar-refractivity contribution in [2.75, 3.05) is 0 Å². The lowest BCUT2D eigenvalue weighted by Gasteiger charge is -2.48.